The maximum absolute atomic E-state index is 9.67. The number of alkyl halides is 3. The summed E-state index contributed by atoms with van der Waals surface area (Å²) < 4.78 is 29.0. The molecular weight excluding hydrogens is 177 g/mol. The van der Waals surface area contributed by atoms with Gasteiger partial charge in [0.1, 0.15) is 0 Å². The van der Waals surface area contributed by atoms with Crippen molar-refractivity contribution in [1.29, 1.82) is 0 Å². The van der Waals surface area contributed by atoms with Crippen molar-refractivity contribution < 1.29 is 13.2 Å². The van der Waals surface area contributed by atoms with Crippen molar-refractivity contribution in [3.63, 3.8) is 0 Å². The molecule has 0 amide bonds. The molecule has 11 heavy (non-hydrogen) atoms. The summed E-state index contributed by atoms with van der Waals surface area (Å²) in [6.45, 7) is -3.67. The van der Waals surface area contributed by atoms with E-state index in [9.17, 15) is 13.2 Å². The normalized spacial score (nSPS) is 8.82. The number of rotatable bonds is 0. The summed E-state index contributed by atoms with van der Waals surface area (Å²) in [4.78, 5) is 0. The van der Waals surface area contributed by atoms with Crippen LogP contribution >= 0.6 is 11.6 Å². The predicted molar refractivity (Wildman–Crippen MR) is 38.6 cm³/mol. The SMILES string of the molecule is Clc1ccccc1.FC(F)F. The van der Waals surface area contributed by atoms with Crippen molar-refractivity contribution in [2.24, 2.45) is 0 Å². The Bertz CT molecular complexity index is 174. The lowest BCUT2D eigenvalue weighted by atomic mass is 10.4. The first-order chi connectivity index (χ1) is 5.13. The zero-order valence-electron chi connectivity index (χ0n) is 5.48. The summed E-state index contributed by atoms with van der Waals surface area (Å²) in [6, 6.07) is 9.44. The monoisotopic (exact) mass is 182 g/mol. The lowest BCUT2D eigenvalue weighted by Crippen LogP contribution is -1.65. The van der Waals surface area contributed by atoms with Crippen LogP contribution in [0.2, 0.25) is 5.02 Å². The number of halogens is 4. The molecule has 0 atom stereocenters. The number of benzene rings is 1. The molecule has 1 rings (SSSR count). The zero-order valence-corrected chi connectivity index (χ0v) is 6.23. The Morgan fingerprint density at radius 2 is 1.36 bits per heavy atom. The molecule has 0 nitrogen and oxygen atoms in total. The third-order valence-corrected chi connectivity index (χ3v) is 0.985. The van der Waals surface area contributed by atoms with Crippen molar-refractivity contribution >= 4 is 11.6 Å². The fourth-order valence-electron chi connectivity index (χ4n) is 0.415. The maximum Gasteiger partial charge on any atom is 0.379 e. The Morgan fingerprint density at radius 1 is 1.00 bits per heavy atom. The van der Waals surface area contributed by atoms with Gasteiger partial charge in [-0.15, -0.1) is 0 Å². The van der Waals surface area contributed by atoms with Crippen molar-refractivity contribution in [2.45, 2.75) is 6.68 Å². The van der Waals surface area contributed by atoms with Crippen LogP contribution < -0.4 is 0 Å². The Balaban J connectivity index is 0.000000218. The minimum atomic E-state index is -3.67. The molecule has 0 bridgehead atoms. The first-order valence-electron chi connectivity index (χ1n) is 2.75. The fourth-order valence-corrected chi connectivity index (χ4v) is 0.560. The van der Waals surface area contributed by atoms with E-state index in [1.54, 1.807) is 0 Å². The van der Waals surface area contributed by atoms with E-state index < -0.39 is 6.68 Å². The molecule has 0 aromatic heterocycles. The van der Waals surface area contributed by atoms with Crippen LogP contribution in [0.25, 0.3) is 0 Å². The maximum atomic E-state index is 9.67. The van der Waals surface area contributed by atoms with Gasteiger partial charge in [-0.2, -0.15) is 13.2 Å². The molecule has 0 saturated carbocycles. The Morgan fingerprint density at radius 3 is 1.55 bits per heavy atom. The molecule has 0 saturated heterocycles. The van der Waals surface area contributed by atoms with Crippen LogP contribution in [0, 0.1) is 0 Å². The van der Waals surface area contributed by atoms with E-state index >= 15 is 0 Å². The molecule has 0 aliphatic heterocycles. The first-order valence-corrected chi connectivity index (χ1v) is 3.13. The third-order valence-electron chi connectivity index (χ3n) is 0.733. The minimum Gasteiger partial charge on any atom is -0.174 e. The van der Waals surface area contributed by atoms with Gasteiger partial charge in [0.15, 0.2) is 0 Å². The average Bonchev–Trinajstić information content (AvgIpc) is 1.87. The molecule has 0 unspecified atom stereocenters. The van der Waals surface area contributed by atoms with Crippen molar-refractivity contribution in [2.75, 3.05) is 0 Å². The van der Waals surface area contributed by atoms with Crippen LogP contribution in [0.5, 0.6) is 0 Å². The molecule has 0 N–H and O–H groups in total. The number of hydrogen-bond donors (Lipinski definition) is 0. The van der Waals surface area contributed by atoms with Crippen LogP contribution in [-0.2, 0) is 0 Å². The summed E-state index contributed by atoms with van der Waals surface area (Å²) in [5, 5.41) is 0.794. The van der Waals surface area contributed by atoms with Gasteiger partial charge in [-0.05, 0) is 12.1 Å². The van der Waals surface area contributed by atoms with Gasteiger partial charge in [-0.1, -0.05) is 29.8 Å². The minimum absolute atomic E-state index is 0.794. The van der Waals surface area contributed by atoms with E-state index in [1.165, 1.54) is 0 Å². The van der Waals surface area contributed by atoms with Crippen LogP contribution in [0.3, 0.4) is 0 Å². The Kier molecular flexibility index (Phi) is 5.65. The number of hydrogen-bond acceptors (Lipinski definition) is 0. The van der Waals surface area contributed by atoms with Gasteiger partial charge in [0.25, 0.3) is 0 Å². The van der Waals surface area contributed by atoms with Crippen LogP contribution in [-0.4, -0.2) is 6.68 Å². The van der Waals surface area contributed by atoms with Crippen molar-refractivity contribution in [3.05, 3.63) is 35.4 Å². The first kappa shape index (κ1) is 10.3. The summed E-state index contributed by atoms with van der Waals surface area (Å²) in [5.41, 5.74) is 0. The molecule has 0 aliphatic rings. The van der Waals surface area contributed by atoms with E-state index in [1.807, 2.05) is 30.3 Å². The summed E-state index contributed by atoms with van der Waals surface area (Å²) in [5.74, 6) is 0. The fraction of sp³-hybridized carbons (Fsp3) is 0.143. The highest BCUT2D eigenvalue weighted by atomic mass is 35.5. The van der Waals surface area contributed by atoms with Gasteiger partial charge >= 0.3 is 6.68 Å². The van der Waals surface area contributed by atoms with E-state index in [0.717, 1.165) is 5.02 Å². The second-order valence-electron chi connectivity index (χ2n) is 1.54. The smallest absolute Gasteiger partial charge is 0.174 e. The zero-order chi connectivity index (χ0) is 8.69. The van der Waals surface area contributed by atoms with Gasteiger partial charge in [0, 0.05) is 5.02 Å². The molecule has 1 aromatic rings. The molecular formula is C7H6ClF3. The second kappa shape index (κ2) is 6.04. The largest absolute Gasteiger partial charge is 0.379 e. The van der Waals surface area contributed by atoms with Crippen LogP contribution in [0.15, 0.2) is 30.3 Å². The third kappa shape index (κ3) is 9.30. The Hall–Kier alpha value is -0.700. The van der Waals surface area contributed by atoms with Crippen molar-refractivity contribution in [3.8, 4) is 0 Å². The summed E-state index contributed by atoms with van der Waals surface area (Å²) in [6.07, 6.45) is 0. The molecule has 4 heteroatoms. The van der Waals surface area contributed by atoms with Crippen LogP contribution in [0.4, 0.5) is 13.2 Å². The van der Waals surface area contributed by atoms with E-state index in [4.69, 9.17) is 11.6 Å². The topological polar surface area (TPSA) is 0 Å². The molecule has 0 aliphatic carbocycles. The van der Waals surface area contributed by atoms with E-state index in [0.29, 0.717) is 0 Å². The molecule has 0 radical (unpaired) electrons. The Labute approximate surface area is 67.6 Å². The van der Waals surface area contributed by atoms with Gasteiger partial charge in [0.2, 0.25) is 0 Å². The average molecular weight is 183 g/mol. The van der Waals surface area contributed by atoms with E-state index in [2.05, 4.69) is 0 Å². The van der Waals surface area contributed by atoms with Crippen LogP contribution in [0.1, 0.15) is 0 Å². The van der Waals surface area contributed by atoms with Gasteiger partial charge < -0.3 is 0 Å². The molecule has 1 aromatic carbocycles. The van der Waals surface area contributed by atoms with Gasteiger partial charge in [-0.3, -0.25) is 0 Å². The van der Waals surface area contributed by atoms with Gasteiger partial charge in [0.05, 0.1) is 0 Å². The van der Waals surface area contributed by atoms with Crippen molar-refractivity contribution in [1.82, 2.24) is 0 Å². The molecule has 62 valence electrons. The molecule has 0 spiro atoms. The highest BCUT2D eigenvalue weighted by Crippen LogP contribution is 2.03. The standard InChI is InChI=1S/C6H5Cl.CHF3/c7-6-4-2-1-3-5-6;2-1(3)4/h1-5H;1H. The molecule has 0 heterocycles. The van der Waals surface area contributed by atoms with E-state index in [-0.39, 0.29) is 0 Å². The predicted octanol–water partition coefficient (Wildman–Crippen LogP) is 3.52. The van der Waals surface area contributed by atoms with Gasteiger partial charge in [-0.25, -0.2) is 0 Å². The molecule has 0 fully saturated rings. The highest BCUT2D eigenvalue weighted by Gasteiger charge is 1.86. The highest BCUT2D eigenvalue weighted by molar-refractivity contribution is 6.30. The summed E-state index contributed by atoms with van der Waals surface area (Å²) >= 11 is 5.54. The lowest BCUT2D eigenvalue weighted by molar-refractivity contribution is 0.00819. The lowest BCUT2D eigenvalue weighted by Gasteiger charge is -1.80. The quantitative estimate of drug-likeness (QED) is 0.576. The second-order valence-corrected chi connectivity index (χ2v) is 1.98. The summed E-state index contributed by atoms with van der Waals surface area (Å²) in [7, 11) is 0.